The Kier molecular flexibility index (Phi) is 14.5. The van der Waals surface area contributed by atoms with Crippen molar-refractivity contribution < 1.29 is 24.5 Å². The molecule has 0 radical (unpaired) electrons. The van der Waals surface area contributed by atoms with Crippen LogP contribution in [0.1, 0.15) is 71.1 Å². The van der Waals surface area contributed by atoms with Gasteiger partial charge in [0.1, 0.15) is 12.7 Å². The Morgan fingerprint density at radius 3 is 2.36 bits per heavy atom. The fourth-order valence-corrected chi connectivity index (χ4v) is 2.75. The average molecular weight is 395 g/mol. The normalized spacial score (nSPS) is 20.4. The van der Waals surface area contributed by atoms with Crippen molar-refractivity contribution in [1.82, 2.24) is 0 Å². The van der Waals surface area contributed by atoms with Crippen molar-refractivity contribution in [3.8, 4) is 0 Å². The molecule has 0 aliphatic carbocycles. The van der Waals surface area contributed by atoms with Crippen LogP contribution in [0.5, 0.6) is 0 Å². The molecule has 1 saturated heterocycles. The number of ether oxygens (including phenoxy) is 2. The standard InChI is InChI=1S/C23H38O5/c1-2-3-4-5-9-12-15-21-22(28-21)16-13-10-7-6-8-11-14-17-23(26)27-19-20(25)18-24/h6,8-10,12-13,20-22,24-25H,2-5,7,11,14-19H2,1H3/b8-6-,12-9-,13-10-/t20-,21?,22?/m0/s1. The van der Waals surface area contributed by atoms with Crippen molar-refractivity contribution in [3.05, 3.63) is 36.5 Å². The van der Waals surface area contributed by atoms with Crippen LogP contribution in [-0.2, 0) is 14.3 Å². The van der Waals surface area contributed by atoms with Crippen LogP contribution in [0.3, 0.4) is 0 Å². The van der Waals surface area contributed by atoms with Crippen molar-refractivity contribution in [1.29, 1.82) is 0 Å². The molecular weight excluding hydrogens is 356 g/mol. The minimum absolute atomic E-state index is 0.142. The van der Waals surface area contributed by atoms with Gasteiger partial charge in [0.05, 0.1) is 18.8 Å². The summed E-state index contributed by atoms with van der Waals surface area (Å²) in [5.41, 5.74) is 0. The molecule has 160 valence electrons. The number of carbonyl (C=O) groups excluding carboxylic acids is 1. The summed E-state index contributed by atoms with van der Waals surface area (Å²) >= 11 is 0. The smallest absolute Gasteiger partial charge is 0.305 e. The zero-order valence-corrected chi connectivity index (χ0v) is 17.3. The average Bonchev–Trinajstić information content (AvgIpc) is 3.45. The topological polar surface area (TPSA) is 79.3 Å². The number of unbranched alkanes of at least 4 members (excludes halogenated alkanes) is 4. The van der Waals surface area contributed by atoms with Gasteiger partial charge in [0.2, 0.25) is 0 Å². The van der Waals surface area contributed by atoms with E-state index in [0.717, 1.165) is 32.1 Å². The molecule has 1 heterocycles. The van der Waals surface area contributed by atoms with Crippen LogP contribution in [0.15, 0.2) is 36.5 Å². The minimum atomic E-state index is -0.987. The maximum absolute atomic E-state index is 11.4. The number of epoxide rings is 1. The third kappa shape index (κ3) is 13.7. The number of rotatable bonds is 17. The van der Waals surface area contributed by atoms with Crippen LogP contribution in [0.4, 0.5) is 0 Å². The Bertz CT molecular complexity index is 483. The van der Waals surface area contributed by atoms with Gasteiger partial charge in [0.25, 0.3) is 0 Å². The zero-order chi connectivity index (χ0) is 20.5. The van der Waals surface area contributed by atoms with Gasteiger partial charge in [0, 0.05) is 6.42 Å². The van der Waals surface area contributed by atoms with E-state index >= 15 is 0 Å². The van der Waals surface area contributed by atoms with E-state index in [1.54, 1.807) is 0 Å². The van der Waals surface area contributed by atoms with Crippen molar-refractivity contribution in [2.75, 3.05) is 13.2 Å². The molecule has 1 rings (SSSR count). The second kappa shape index (κ2) is 16.5. The van der Waals surface area contributed by atoms with E-state index in [-0.39, 0.29) is 12.6 Å². The molecular formula is C23H38O5. The van der Waals surface area contributed by atoms with E-state index in [0.29, 0.717) is 18.6 Å². The summed E-state index contributed by atoms with van der Waals surface area (Å²) in [7, 11) is 0. The van der Waals surface area contributed by atoms with Crippen LogP contribution in [0.2, 0.25) is 0 Å². The van der Waals surface area contributed by atoms with Gasteiger partial charge in [-0.2, -0.15) is 0 Å². The second-order valence-corrected chi connectivity index (χ2v) is 7.24. The predicted molar refractivity (Wildman–Crippen MR) is 112 cm³/mol. The Hall–Kier alpha value is -1.43. The molecule has 3 atom stereocenters. The van der Waals surface area contributed by atoms with Gasteiger partial charge in [-0.3, -0.25) is 4.79 Å². The highest BCUT2D eigenvalue weighted by Crippen LogP contribution is 2.29. The zero-order valence-electron chi connectivity index (χ0n) is 17.3. The highest BCUT2D eigenvalue weighted by Gasteiger charge is 2.35. The first-order valence-corrected chi connectivity index (χ1v) is 10.7. The first-order chi connectivity index (χ1) is 13.7. The molecule has 1 aliphatic rings. The summed E-state index contributed by atoms with van der Waals surface area (Å²) < 4.78 is 10.5. The lowest BCUT2D eigenvalue weighted by molar-refractivity contribution is -0.147. The molecule has 1 fully saturated rings. The third-order valence-corrected chi connectivity index (χ3v) is 4.57. The van der Waals surface area contributed by atoms with E-state index in [2.05, 4.69) is 43.4 Å². The summed E-state index contributed by atoms with van der Waals surface area (Å²) in [6.45, 7) is 1.69. The van der Waals surface area contributed by atoms with Crippen LogP contribution < -0.4 is 0 Å². The van der Waals surface area contributed by atoms with Gasteiger partial charge in [-0.15, -0.1) is 0 Å². The van der Waals surface area contributed by atoms with Gasteiger partial charge in [-0.05, 0) is 44.9 Å². The summed E-state index contributed by atoms with van der Waals surface area (Å²) in [4.78, 5) is 11.4. The van der Waals surface area contributed by atoms with Gasteiger partial charge >= 0.3 is 5.97 Å². The number of hydrogen-bond acceptors (Lipinski definition) is 5. The fourth-order valence-electron chi connectivity index (χ4n) is 2.75. The summed E-state index contributed by atoms with van der Waals surface area (Å²) in [5, 5.41) is 17.7. The molecule has 2 N–H and O–H groups in total. The molecule has 5 nitrogen and oxygen atoms in total. The van der Waals surface area contributed by atoms with E-state index in [9.17, 15) is 4.79 Å². The molecule has 0 spiro atoms. The maximum atomic E-state index is 11.4. The highest BCUT2D eigenvalue weighted by atomic mass is 16.6. The maximum Gasteiger partial charge on any atom is 0.305 e. The Morgan fingerprint density at radius 1 is 1.00 bits per heavy atom. The van der Waals surface area contributed by atoms with Crippen LogP contribution >= 0.6 is 0 Å². The van der Waals surface area contributed by atoms with Crippen LogP contribution in [0.25, 0.3) is 0 Å². The number of hydrogen-bond donors (Lipinski definition) is 2. The van der Waals surface area contributed by atoms with Crippen LogP contribution in [-0.4, -0.2) is 47.7 Å². The molecule has 1 aliphatic heterocycles. The highest BCUT2D eigenvalue weighted by molar-refractivity contribution is 5.69. The predicted octanol–water partition coefficient (Wildman–Crippen LogP) is 4.24. The largest absolute Gasteiger partial charge is 0.463 e. The lowest BCUT2D eigenvalue weighted by atomic mass is 10.1. The first kappa shape index (κ1) is 24.6. The quantitative estimate of drug-likeness (QED) is 0.167. The lowest BCUT2D eigenvalue weighted by Gasteiger charge is -2.07. The van der Waals surface area contributed by atoms with E-state index in [1.165, 1.54) is 25.7 Å². The molecule has 0 aromatic rings. The summed E-state index contributed by atoms with van der Waals surface area (Å²) in [6.07, 6.45) is 22.7. The summed E-state index contributed by atoms with van der Waals surface area (Å²) in [6, 6.07) is 0. The van der Waals surface area contributed by atoms with Crippen molar-refractivity contribution in [2.24, 2.45) is 0 Å². The number of carbonyl (C=O) groups is 1. The summed E-state index contributed by atoms with van der Waals surface area (Å²) in [5.74, 6) is -0.337. The molecule has 28 heavy (non-hydrogen) atoms. The molecule has 5 heteroatoms. The van der Waals surface area contributed by atoms with E-state index in [1.807, 2.05) is 0 Å². The van der Waals surface area contributed by atoms with Gasteiger partial charge < -0.3 is 19.7 Å². The van der Waals surface area contributed by atoms with E-state index < -0.39 is 12.7 Å². The Balaban J connectivity index is 1.92. The van der Waals surface area contributed by atoms with Crippen molar-refractivity contribution >= 4 is 5.97 Å². The second-order valence-electron chi connectivity index (χ2n) is 7.24. The number of aliphatic hydroxyl groups is 2. The molecule has 0 amide bonds. The molecule has 0 aromatic carbocycles. The molecule has 0 bridgehead atoms. The lowest BCUT2D eigenvalue weighted by Crippen LogP contribution is -2.21. The fraction of sp³-hybridized carbons (Fsp3) is 0.696. The molecule has 0 saturated carbocycles. The minimum Gasteiger partial charge on any atom is -0.463 e. The molecule has 0 aromatic heterocycles. The SMILES string of the molecule is CCCCC/C=C\CC1OC1C/C=C\C/C=C\CCCC(=O)OC[C@@H](O)CO. The Labute approximate surface area is 170 Å². The number of esters is 1. The van der Waals surface area contributed by atoms with Crippen molar-refractivity contribution in [2.45, 2.75) is 89.4 Å². The monoisotopic (exact) mass is 394 g/mol. The van der Waals surface area contributed by atoms with E-state index in [4.69, 9.17) is 19.7 Å². The third-order valence-electron chi connectivity index (χ3n) is 4.57. The Morgan fingerprint density at radius 2 is 1.64 bits per heavy atom. The molecule has 2 unspecified atom stereocenters. The number of allylic oxidation sites excluding steroid dienone is 4. The van der Waals surface area contributed by atoms with Gasteiger partial charge in [-0.25, -0.2) is 0 Å². The number of aliphatic hydroxyl groups excluding tert-OH is 2. The van der Waals surface area contributed by atoms with Gasteiger partial charge in [-0.1, -0.05) is 56.2 Å². The van der Waals surface area contributed by atoms with Gasteiger partial charge in [0.15, 0.2) is 0 Å². The first-order valence-electron chi connectivity index (χ1n) is 10.7. The van der Waals surface area contributed by atoms with Crippen molar-refractivity contribution in [3.63, 3.8) is 0 Å². The van der Waals surface area contributed by atoms with Crippen LogP contribution in [0, 0.1) is 0 Å².